The lowest BCUT2D eigenvalue weighted by molar-refractivity contribution is -0.139. The predicted octanol–water partition coefficient (Wildman–Crippen LogP) is 5.32. The summed E-state index contributed by atoms with van der Waals surface area (Å²) in [5.41, 5.74) is 2.91. The van der Waals surface area contributed by atoms with E-state index in [0.29, 0.717) is 47.7 Å². The summed E-state index contributed by atoms with van der Waals surface area (Å²) >= 11 is 12.7. The number of hydrogen-bond donors (Lipinski definition) is 1. The van der Waals surface area contributed by atoms with Gasteiger partial charge >= 0.3 is 0 Å². The van der Waals surface area contributed by atoms with E-state index in [1.54, 1.807) is 6.07 Å². The van der Waals surface area contributed by atoms with Gasteiger partial charge in [-0.2, -0.15) is 0 Å². The van der Waals surface area contributed by atoms with Crippen molar-refractivity contribution in [2.24, 2.45) is 5.41 Å². The van der Waals surface area contributed by atoms with E-state index in [0.717, 1.165) is 16.8 Å². The molecule has 1 saturated heterocycles. The number of hydrogen-bond acceptors (Lipinski definition) is 4. The molecule has 0 bridgehead atoms. The highest BCUT2D eigenvalue weighted by Gasteiger charge is 2.30. The molecule has 0 aliphatic carbocycles. The number of halogens is 2. The van der Waals surface area contributed by atoms with Crippen molar-refractivity contribution in [3.05, 3.63) is 51.5 Å². The van der Waals surface area contributed by atoms with E-state index < -0.39 is 0 Å². The minimum Gasteiger partial charge on any atom is -0.484 e. The standard InChI is InChI=1S/C25H31Cl2N3O3/c1-16-12-19(13-17(2)23(16)27)33-15-22(31)28-18-6-7-21(20(26)14-18)29-8-10-30(11-9-29)24(32)25(3,4)5/h6-7,12-14H,8-11,15H2,1-5H3,(H,28,31). The van der Waals surface area contributed by atoms with Gasteiger partial charge in [0.25, 0.3) is 5.91 Å². The van der Waals surface area contributed by atoms with Gasteiger partial charge in [0.1, 0.15) is 5.75 Å². The second-order valence-electron chi connectivity index (χ2n) is 9.40. The van der Waals surface area contributed by atoms with E-state index in [2.05, 4.69) is 10.2 Å². The molecule has 1 fully saturated rings. The molecule has 3 rings (SSSR count). The SMILES string of the molecule is Cc1cc(OCC(=O)Nc2ccc(N3CCN(C(=O)C(C)(C)C)CC3)c(Cl)c2)cc(C)c1Cl. The second kappa shape index (κ2) is 10.2. The summed E-state index contributed by atoms with van der Waals surface area (Å²) in [6.07, 6.45) is 0. The van der Waals surface area contributed by atoms with Gasteiger partial charge in [-0.15, -0.1) is 0 Å². The Labute approximate surface area is 205 Å². The van der Waals surface area contributed by atoms with Crippen LogP contribution < -0.4 is 15.0 Å². The van der Waals surface area contributed by atoms with Crippen molar-refractivity contribution < 1.29 is 14.3 Å². The molecular formula is C25H31Cl2N3O3. The van der Waals surface area contributed by atoms with Crippen LogP contribution in [-0.4, -0.2) is 49.5 Å². The van der Waals surface area contributed by atoms with Crippen LogP contribution in [0.5, 0.6) is 5.75 Å². The van der Waals surface area contributed by atoms with Crippen LogP contribution >= 0.6 is 23.2 Å². The zero-order valence-electron chi connectivity index (χ0n) is 19.8. The fraction of sp³-hybridized carbons (Fsp3) is 0.440. The zero-order valence-corrected chi connectivity index (χ0v) is 21.3. The number of aryl methyl sites for hydroxylation is 2. The largest absolute Gasteiger partial charge is 0.484 e. The Hall–Kier alpha value is -2.44. The van der Waals surface area contributed by atoms with Crippen LogP contribution in [0.1, 0.15) is 31.9 Å². The number of piperazine rings is 1. The minimum absolute atomic E-state index is 0.121. The summed E-state index contributed by atoms with van der Waals surface area (Å²) < 4.78 is 5.61. The van der Waals surface area contributed by atoms with Gasteiger partial charge in [0, 0.05) is 42.3 Å². The third-order valence-electron chi connectivity index (χ3n) is 5.56. The van der Waals surface area contributed by atoms with Crippen molar-refractivity contribution >= 4 is 46.4 Å². The van der Waals surface area contributed by atoms with Crippen LogP contribution in [0, 0.1) is 19.3 Å². The van der Waals surface area contributed by atoms with Crippen LogP contribution in [-0.2, 0) is 9.59 Å². The molecule has 1 aliphatic heterocycles. The molecule has 0 spiro atoms. The van der Waals surface area contributed by atoms with Gasteiger partial charge in [0.05, 0.1) is 10.7 Å². The molecule has 1 aliphatic rings. The van der Waals surface area contributed by atoms with Gasteiger partial charge in [-0.05, 0) is 55.3 Å². The number of carbonyl (C=O) groups excluding carboxylic acids is 2. The Morgan fingerprint density at radius 2 is 1.61 bits per heavy atom. The van der Waals surface area contributed by atoms with Crippen molar-refractivity contribution in [1.29, 1.82) is 0 Å². The fourth-order valence-electron chi connectivity index (χ4n) is 3.80. The first kappa shape index (κ1) is 25.2. The Morgan fingerprint density at radius 1 is 1.00 bits per heavy atom. The Kier molecular flexibility index (Phi) is 7.80. The number of nitrogens with one attached hydrogen (secondary N) is 1. The molecule has 0 unspecified atom stereocenters. The van der Waals surface area contributed by atoms with E-state index in [-0.39, 0.29) is 23.8 Å². The first-order valence-corrected chi connectivity index (χ1v) is 11.7. The molecule has 6 nitrogen and oxygen atoms in total. The molecule has 0 atom stereocenters. The molecule has 0 radical (unpaired) electrons. The summed E-state index contributed by atoms with van der Waals surface area (Å²) in [4.78, 5) is 28.9. The summed E-state index contributed by atoms with van der Waals surface area (Å²) in [6.45, 7) is 12.2. The third kappa shape index (κ3) is 6.33. The van der Waals surface area contributed by atoms with Crippen molar-refractivity contribution in [3.63, 3.8) is 0 Å². The summed E-state index contributed by atoms with van der Waals surface area (Å²) in [7, 11) is 0. The average molecular weight is 492 g/mol. The van der Waals surface area contributed by atoms with Gasteiger partial charge in [-0.3, -0.25) is 9.59 Å². The molecule has 178 valence electrons. The van der Waals surface area contributed by atoms with E-state index in [4.69, 9.17) is 27.9 Å². The highest BCUT2D eigenvalue weighted by atomic mass is 35.5. The molecule has 2 amide bonds. The number of ether oxygens (including phenoxy) is 1. The van der Waals surface area contributed by atoms with Crippen LogP contribution in [0.4, 0.5) is 11.4 Å². The number of carbonyl (C=O) groups is 2. The fourth-order valence-corrected chi connectivity index (χ4v) is 4.21. The first-order chi connectivity index (χ1) is 15.5. The molecular weight excluding hydrogens is 461 g/mol. The van der Waals surface area contributed by atoms with Gasteiger partial charge < -0.3 is 19.9 Å². The molecule has 0 saturated carbocycles. The van der Waals surface area contributed by atoms with Crippen molar-refractivity contribution in [2.45, 2.75) is 34.6 Å². The van der Waals surface area contributed by atoms with Gasteiger partial charge in [0.15, 0.2) is 6.61 Å². The number of amides is 2. The maximum absolute atomic E-state index is 12.5. The summed E-state index contributed by atoms with van der Waals surface area (Å²) in [6, 6.07) is 9.07. The highest BCUT2D eigenvalue weighted by Crippen LogP contribution is 2.30. The quantitative estimate of drug-likeness (QED) is 0.614. The molecule has 1 heterocycles. The summed E-state index contributed by atoms with van der Waals surface area (Å²) in [5, 5.41) is 4.06. The first-order valence-electron chi connectivity index (χ1n) is 11.0. The number of anilines is 2. The highest BCUT2D eigenvalue weighted by molar-refractivity contribution is 6.33. The van der Waals surface area contributed by atoms with E-state index in [1.165, 1.54) is 0 Å². The topological polar surface area (TPSA) is 61.9 Å². The maximum Gasteiger partial charge on any atom is 0.262 e. The Bertz CT molecular complexity index is 1020. The van der Waals surface area contributed by atoms with Crippen LogP contribution in [0.3, 0.4) is 0 Å². The van der Waals surface area contributed by atoms with Gasteiger partial charge in [-0.1, -0.05) is 44.0 Å². The molecule has 33 heavy (non-hydrogen) atoms. The monoisotopic (exact) mass is 491 g/mol. The smallest absolute Gasteiger partial charge is 0.262 e. The van der Waals surface area contributed by atoms with E-state index in [1.807, 2.05) is 63.8 Å². The molecule has 1 N–H and O–H groups in total. The van der Waals surface area contributed by atoms with E-state index >= 15 is 0 Å². The molecule has 2 aromatic carbocycles. The number of nitrogens with zero attached hydrogens (tertiary/aromatic N) is 2. The van der Waals surface area contributed by atoms with Crippen molar-refractivity contribution in [1.82, 2.24) is 4.90 Å². The van der Waals surface area contributed by atoms with Gasteiger partial charge in [-0.25, -0.2) is 0 Å². The number of benzene rings is 2. The van der Waals surface area contributed by atoms with Crippen molar-refractivity contribution in [2.75, 3.05) is 43.0 Å². The van der Waals surface area contributed by atoms with Crippen LogP contribution in [0.25, 0.3) is 0 Å². The van der Waals surface area contributed by atoms with Crippen LogP contribution in [0.15, 0.2) is 30.3 Å². The lowest BCUT2D eigenvalue weighted by atomic mass is 9.94. The van der Waals surface area contributed by atoms with E-state index in [9.17, 15) is 9.59 Å². The summed E-state index contributed by atoms with van der Waals surface area (Å²) in [5.74, 6) is 0.484. The maximum atomic E-state index is 12.5. The molecule has 2 aromatic rings. The Morgan fingerprint density at radius 3 is 2.15 bits per heavy atom. The Balaban J connectivity index is 1.55. The predicted molar refractivity (Wildman–Crippen MR) is 135 cm³/mol. The average Bonchev–Trinajstić information content (AvgIpc) is 2.75. The molecule has 8 heteroatoms. The molecule has 0 aromatic heterocycles. The van der Waals surface area contributed by atoms with Crippen molar-refractivity contribution in [3.8, 4) is 5.75 Å². The number of rotatable bonds is 5. The normalized spacial score (nSPS) is 14.3. The minimum atomic E-state index is -0.380. The lowest BCUT2D eigenvalue weighted by Gasteiger charge is -2.39. The van der Waals surface area contributed by atoms with Gasteiger partial charge in [0.2, 0.25) is 5.91 Å². The zero-order chi connectivity index (χ0) is 24.3. The van der Waals surface area contributed by atoms with Crippen LogP contribution in [0.2, 0.25) is 10.0 Å². The third-order valence-corrected chi connectivity index (χ3v) is 6.46. The second-order valence-corrected chi connectivity index (χ2v) is 10.2. The lowest BCUT2D eigenvalue weighted by Crippen LogP contribution is -2.51.